The number of cyclic esters (lactones) is 1. The van der Waals surface area contributed by atoms with Gasteiger partial charge in [-0.25, -0.2) is 4.79 Å². The summed E-state index contributed by atoms with van der Waals surface area (Å²) < 4.78 is 16.8. The van der Waals surface area contributed by atoms with Crippen LogP contribution in [0, 0.1) is 28.6 Å². The number of hydrogen-bond acceptors (Lipinski definition) is 11. The number of fused-ring (bicyclic) bond motifs is 5. The minimum Gasteiger partial charge on any atom is -0.458 e. The molecule has 0 aromatic rings. The van der Waals surface area contributed by atoms with Gasteiger partial charge in [-0.2, -0.15) is 0 Å². The Kier molecular flexibility index (Phi) is 7.01. The zero-order chi connectivity index (χ0) is 28.8. The van der Waals surface area contributed by atoms with Crippen molar-refractivity contribution in [3.8, 4) is 0 Å². The molecule has 6 rings (SSSR count). The van der Waals surface area contributed by atoms with Gasteiger partial charge in [-0.3, -0.25) is 0 Å². The number of aliphatic hydroxyl groups is 7. The highest BCUT2D eigenvalue weighted by Gasteiger charge is 2.73. The van der Waals surface area contributed by atoms with Gasteiger partial charge in [0.1, 0.15) is 24.9 Å². The summed E-state index contributed by atoms with van der Waals surface area (Å²) in [7, 11) is 0. The van der Waals surface area contributed by atoms with E-state index in [1.807, 2.05) is 0 Å². The van der Waals surface area contributed by atoms with Crippen molar-refractivity contribution >= 4 is 5.97 Å². The van der Waals surface area contributed by atoms with Crippen LogP contribution in [0.2, 0.25) is 0 Å². The molecule has 0 aromatic carbocycles. The number of rotatable bonds is 4. The molecule has 0 radical (unpaired) electrons. The van der Waals surface area contributed by atoms with Gasteiger partial charge in [0.15, 0.2) is 6.29 Å². The molecule has 40 heavy (non-hydrogen) atoms. The van der Waals surface area contributed by atoms with Crippen LogP contribution in [-0.2, 0) is 19.0 Å². The van der Waals surface area contributed by atoms with Crippen LogP contribution < -0.4 is 0 Å². The van der Waals surface area contributed by atoms with Crippen LogP contribution in [-0.4, -0.2) is 109 Å². The second-order valence-electron chi connectivity index (χ2n) is 13.7. The van der Waals surface area contributed by atoms with E-state index in [0.29, 0.717) is 25.7 Å². The van der Waals surface area contributed by atoms with E-state index in [4.69, 9.17) is 14.2 Å². The van der Waals surface area contributed by atoms with Crippen LogP contribution in [0.3, 0.4) is 0 Å². The molecule has 226 valence electrons. The van der Waals surface area contributed by atoms with Crippen molar-refractivity contribution < 1.29 is 54.8 Å². The molecule has 11 nitrogen and oxygen atoms in total. The van der Waals surface area contributed by atoms with Crippen molar-refractivity contribution in [1.29, 1.82) is 0 Å². The summed E-state index contributed by atoms with van der Waals surface area (Å²) in [5.74, 6) is -0.940. The normalized spacial score (nSPS) is 56.1. The van der Waals surface area contributed by atoms with Crippen LogP contribution in [0.1, 0.15) is 65.2 Å². The van der Waals surface area contributed by atoms with Gasteiger partial charge >= 0.3 is 5.97 Å². The highest BCUT2D eigenvalue weighted by atomic mass is 16.7. The molecule has 6 aliphatic rings. The van der Waals surface area contributed by atoms with E-state index < -0.39 is 71.6 Å². The Balaban J connectivity index is 1.25. The molecule has 4 aliphatic carbocycles. The summed E-state index contributed by atoms with van der Waals surface area (Å²) in [4.78, 5) is 11.8. The van der Waals surface area contributed by atoms with Gasteiger partial charge < -0.3 is 50.0 Å². The maximum absolute atomic E-state index is 12.4. The third-order valence-electron chi connectivity index (χ3n) is 12.2. The third-order valence-corrected chi connectivity index (χ3v) is 12.2. The molecule has 5 fully saturated rings. The lowest BCUT2D eigenvalue weighted by molar-refractivity contribution is -0.334. The average Bonchev–Trinajstić information content (AvgIpc) is 3.45. The Morgan fingerprint density at radius 1 is 1.00 bits per heavy atom. The summed E-state index contributed by atoms with van der Waals surface area (Å²) >= 11 is 0. The van der Waals surface area contributed by atoms with Gasteiger partial charge in [-0.1, -0.05) is 6.92 Å². The van der Waals surface area contributed by atoms with Gasteiger partial charge in [0.05, 0.1) is 41.5 Å². The molecular weight excluding hydrogens is 524 g/mol. The van der Waals surface area contributed by atoms with E-state index in [0.717, 1.165) is 12.0 Å². The minimum absolute atomic E-state index is 0.00280. The lowest BCUT2D eigenvalue weighted by Gasteiger charge is -2.67. The zero-order valence-electron chi connectivity index (χ0n) is 23.2. The van der Waals surface area contributed by atoms with Gasteiger partial charge in [0.2, 0.25) is 0 Å². The van der Waals surface area contributed by atoms with Crippen molar-refractivity contribution in [2.45, 2.75) is 119 Å². The van der Waals surface area contributed by atoms with Crippen molar-refractivity contribution in [2.24, 2.45) is 28.6 Å². The van der Waals surface area contributed by atoms with Crippen LogP contribution >= 0.6 is 0 Å². The predicted molar refractivity (Wildman–Crippen MR) is 137 cm³/mol. The van der Waals surface area contributed by atoms with Gasteiger partial charge in [0.25, 0.3) is 0 Å². The molecule has 2 unspecified atom stereocenters. The SMILES string of the molecule is C[C@@H]1O[C@@H](O[C@H]2C[C@@H](O)[C@]3(CO)C4CC[C@]5(C)[C@@H](C6=CC(=O)OC6)CC[C@]5(O)C4CC[C@]3(O)C2)[C@H](O)[C@H](O)[C@H]1O. The first-order valence-corrected chi connectivity index (χ1v) is 14.8. The molecule has 2 heterocycles. The molecule has 4 saturated carbocycles. The number of carbonyl (C=O) groups excluding carboxylic acids is 1. The Labute approximate surface area is 233 Å². The fourth-order valence-corrected chi connectivity index (χ4v) is 10.0. The summed E-state index contributed by atoms with van der Waals surface area (Å²) in [6.45, 7) is 3.44. The van der Waals surface area contributed by atoms with E-state index in [9.17, 15) is 40.5 Å². The lowest BCUT2D eigenvalue weighted by Crippen LogP contribution is -2.73. The molecule has 14 atom stereocenters. The Hall–Kier alpha value is -1.15. The number of ether oxygens (including phenoxy) is 3. The van der Waals surface area contributed by atoms with Gasteiger partial charge in [0, 0.05) is 24.3 Å². The summed E-state index contributed by atoms with van der Waals surface area (Å²) in [5, 5.41) is 77.8. The van der Waals surface area contributed by atoms with E-state index in [-0.39, 0.29) is 49.6 Å². The number of aliphatic hydroxyl groups excluding tert-OH is 5. The smallest absolute Gasteiger partial charge is 0.331 e. The van der Waals surface area contributed by atoms with Crippen molar-refractivity contribution in [3.05, 3.63) is 11.6 Å². The summed E-state index contributed by atoms with van der Waals surface area (Å²) in [6, 6.07) is 0. The highest BCUT2D eigenvalue weighted by molar-refractivity contribution is 5.85. The average molecular weight is 569 g/mol. The monoisotopic (exact) mass is 568 g/mol. The molecule has 0 aromatic heterocycles. The van der Waals surface area contributed by atoms with Gasteiger partial charge in [-0.15, -0.1) is 0 Å². The Bertz CT molecular complexity index is 1050. The molecule has 2 aliphatic heterocycles. The molecular formula is C29H44O11. The zero-order valence-corrected chi connectivity index (χ0v) is 23.2. The quantitative estimate of drug-likeness (QED) is 0.171. The lowest BCUT2D eigenvalue weighted by atomic mass is 9.41. The predicted octanol–water partition coefficient (Wildman–Crippen LogP) is -0.486. The van der Waals surface area contributed by atoms with Gasteiger partial charge in [-0.05, 0) is 68.8 Å². The minimum atomic E-state index is -1.51. The largest absolute Gasteiger partial charge is 0.458 e. The second kappa shape index (κ2) is 9.68. The standard InChI is InChI=1S/C29H44O11/c1-14-22(33)23(34)24(35)25(39-14)40-16-10-20(31)28(13-30)18-3-6-26(2)17(15-9-21(32)38-12-15)5-8-29(26,37)19(18)4-7-27(28,36)11-16/h9,14,16-20,22-25,30-31,33-37H,3-8,10-13H2,1-2H3/t14-,16-,17+,18?,19?,20+,22-,23+,24+,25-,26+,27-,28-,29-/m0/s1. The van der Waals surface area contributed by atoms with E-state index in [1.165, 1.54) is 0 Å². The van der Waals surface area contributed by atoms with E-state index >= 15 is 0 Å². The molecule has 11 heteroatoms. The van der Waals surface area contributed by atoms with Crippen LogP contribution in [0.15, 0.2) is 11.6 Å². The molecule has 7 N–H and O–H groups in total. The first-order valence-electron chi connectivity index (χ1n) is 14.8. The number of carbonyl (C=O) groups is 1. The topological polar surface area (TPSA) is 186 Å². The van der Waals surface area contributed by atoms with Crippen LogP contribution in [0.25, 0.3) is 0 Å². The van der Waals surface area contributed by atoms with Crippen molar-refractivity contribution in [1.82, 2.24) is 0 Å². The fraction of sp³-hybridized carbons (Fsp3) is 0.897. The summed E-state index contributed by atoms with van der Waals surface area (Å²) in [5.41, 5.74) is -3.43. The molecule has 0 spiro atoms. The fourth-order valence-electron chi connectivity index (χ4n) is 10.0. The first-order chi connectivity index (χ1) is 18.8. The van der Waals surface area contributed by atoms with E-state index in [2.05, 4.69) is 6.92 Å². The molecule has 0 bridgehead atoms. The second-order valence-corrected chi connectivity index (χ2v) is 13.7. The maximum atomic E-state index is 12.4. The Morgan fingerprint density at radius 2 is 1.73 bits per heavy atom. The molecule has 1 saturated heterocycles. The van der Waals surface area contributed by atoms with Crippen molar-refractivity contribution in [2.75, 3.05) is 13.2 Å². The van der Waals surface area contributed by atoms with E-state index in [1.54, 1.807) is 13.0 Å². The molecule has 0 amide bonds. The highest BCUT2D eigenvalue weighted by Crippen LogP contribution is 2.70. The third kappa shape index (κ3) is 3.79. The van der Waals surface area contributed by atoms with Crippen molar-refractivity contribution in [3.63, 3.8) is 0 Å². The number of hydrogen-bond donors (Lipinski definition) is 7. The summed E-state index contributed by atoms with van der Waals surface area (Å²) in [6.07, 6.45) is -3.26. The number of esters is 1. The van der Waals surface area contributed by atoms with Crippen LogP contribution in [0.5, 0.6) is 0 Å². The first kappa shape index (κ1) is 28.9. The Morgan fingerprint density at radius 3 is 2.40 bits per heavy atom. The maximum Gasteiger partial charge on any atom is 0.331 e. The van der Waals surface area contributed by atoms with Crippen LogP contribution in [0.4, 0.5) is 0 Å².